The molecule has 0 aliphatic carbocycles. The van der Waals surface area contributed by atoms with Crippen molar-refractivity contribution in [3.63, 3.8) is 0 Å². The minimum Gasteiger partial charge on any atom is -0.223 e. The Bertz CT molecular complexity index is 1830. The number of thiazole rings is 2. The predicted octanol–water partition coefficient (Wildman–Crippen LogP) is 9.70. The molecule has 2 nitrogen and oxygen atoms in total. The van der Waals surface area contributed by atoms with Gasteiger partial charge in [0.05, 0.1) is 0 Å². The summed E-state index contributed by atoms with van der Waals surface area (Å²) in [4.78, 5) is 12.3. The van der Waals surface area contributed by atoms with E-state index in [1.165, 1.54) is 54.2 Å². The average molecular weight is 495 g/mol. The minimum atomic E-state index is 0.999. The summed E-state index contributed by atoms with van der Waals surface area (Å²) in [7, 11) is 0. The SMILES string of the molecule is c1ccc2c(-c3nc4sc(-c5c6ccccc6cc6ccccc56)nc4s3)c3ccccc3cc2c1. The molecule has 0 amide bonds. The second kappa shape index (κ2) is 7.69. The van der Waals surface area contributed by atoms with Crippen LogP contribution < -0.4 is 0 Å². The summed E-state index contributed by atoms with van der Waals surface area (Å²) in [6.45, 7) is 0. The predicted molar refractivity (Wildman–Crippen MR) is 156 cm³/mol. The fourth-order valence-electron chi connectivity index (χ4n) is 5.34. The molecule has 0 N–H and O–H groups in total. The largest absolute Gasteiger partial charge is 0.223 e. The van der Waals surface area contributed by atoms with E-state index in [4.69, 9.17) is 9.97 Å². The van der Waals surface area contributed by atoms with Crippen LogP contribution in [-0.2, 0) is 0 Å². The number of hydrogen-bond donors (Lipinski definition) is 0. The fourth-order valence-corrected chi connectivity index (χ4v) is 7.53. The molecule has 0 aliphatic heterocycles. The van der Waals surface area contributed by atoms with E-state index in [1.54, 1.807) is 22.7 Å². The topological polar surface area (TPSA) is 25.8 Å². The Morgan fingerprint density at radius 2 is 0.694 bits per heavy atom. The summed E-state index contributed by atoms with van der Waals surface area (Å²) in [6.07, 6.45) is 0. The van der Waals surface area contributed by atoms with E-state index in [1.807, 2.05) is 0 Å². The number of nitrogens with zero attached hydrogens (tertiary/aromatic N) is 2. The van der Waals surface area contributed by atoms with Gasteiger partial charge in [-0.1, -0.05) is 120 Å². The van der Waals surface area contributed by atoms with Crippen molar-refractivity contribution in [2.75, 3.05) is 0 Å². The van der Waals surface area contributed by atoms with E-state index < -0.39 is 0 Å². The van der Waals surface area contributed by atoms with Crippen molar-refractivity contribution >= 4 is 75.4 Å². The van der Waals surface area contributed by atoms with Crippen LogP contribution in [0.15, 0.2) is 109 Å². The van der Waals surface area contributed by atoms with Crippen LogP contribution in [0.1, 0.15) is 0 Å². The van der Waals surface area contributed by atoms with Crippen molar-refractivity contribution < 1.29 is 0 Å². The molecule has 0 unspecified atom stereocenters. The highest BCUT2D eigenvalue weighted by Crippen LogP contribution is 2.44. The third-order valence-corrected chi connectivity index (χ3v) is 9.01. The number of benzene rings is 6. The number of aromatic nitrogens is 2. The van der Waals surface area contributed by atoms with Gasteiger partial charge in [0, 0.05) is 11.1 Å². The Morgan fingerprint density at radius 3 is 1.03 bits per heavy atom. The Labute approximate surface area is 215 Å². The molecule has 36 heavy (non-hydrogen) atoms. The molecule has 0 saturated heterocycles. The highest BCUT2D eigenvalue weighted by atomic mass is 32.1. The normalized spacial score (nSPS) is 11.9. The number of fused-ring (bicyclic) bond motifs is 5. The van der Waals surface area contributed by atoms with E-state index >= 15 is 0 Å². The van der Waals surface area contributed by atoms with Crippen molar-refractivity contribution in [1.29, 1.82) is 0 Å². The fraction of sp³-hybridized carbons (Fsp3) is 0. The zero-order valence-corrected chi connectivity index (χ0v) is 20.7. The van der Waals surface area contributed by atoms with Gasteiger partial charge in [-0.25, -0.2) is 9.97 Å². The van der Waals surface area contributed by atoms with Gasteiger partial charge in [-0.15, -0.1) is 0 Å². The zero-order chi connectivity index (χ0) is 23.6. The Hall–Kier alpha value is -4.12. The third kappa shape index (κ3) is 2.95. The standard InChI is InChI=1S/C32H18N2S2/c1-5-13-23-19(9-1)17-20-10-2-6-14-24(20)27(23)29-33-31-32(35-29)34-30(36-31)28-25-15-7-3-11-21(25)18-22-12-4-8-16-26(22)28/h1-18H. The van der Waals surface area contributed by atoms with Crippen LogP contribution in [0.4, 0.5) is 0 Å². The summed E-state index contributed by atoms with van der Waals surface area (Å²) in [6, 6.07) is 38.9. The van der Waals surface area contributed by atoms with E-state index in [0.29, 0.717) is 0 Å². The smallest absolute Gasteiger partial charge is 0.155 e. The lowest BCUT2D eigenvalue weighted by Gasteiger charge is -2.10. The second-order valence-corrected chi connectivity index (χ2v) is 11.0. The van der Waals surface area contributed by atoms with Crippen LogP contribution in [-0.4, -0.2) is 9.97 Å². The monoisotopic (exact) mass is 494 g/mol. The van der Waals surface area contributed by atoms with Gasteiger partial charge in [0.25, 0.3) is 0 Å². The molecule has 0 fully saturated rings. The van der Waals surface area contributed by atoms with Gasteiger partial charge in [0.15, 0.2) is 9.66 Å². The molecule has 8 aromatic rings. The van der Waals surface area contributed by atoms with Crippen LogP contribution in [0.5, 0.6) is 0 Å². The van der Waals surface area contributed by atoms with Crippen LogP contribution in [0, 0.1) is 0 Å². The zero-order valence-electron chi connectivity index (χ0n) is 19.1. The maximum absolute atomic E-state index is 5.16. The highest BCUT2D eigenvalue weighted by Gasteiger charge is 2.19. The van der Waals surface area contributed by atoms with Crippen LogP contribution in [0.25, 0.3) is 73.9 Å². The molecule has 0 spiro atoms. The Balaban J connectivity index is 1.38. The Kier molecular flexibility index (Phi) is 4.30. The molecule has 0 aliphatic rings. The summed E-state index contributed by atoms with van der Waals surface area (Å²) < 4.78 is 0. The molecular weight excluding hydrogens is 477 g/mol. The van der Waals surface area contributed by atoms with E-state index in [2.05, 4.69) is 109 Å². The number of rotatable bonds is 2. The lowest BCUT2D eigenvalue weighted by Crippen LogP contribution is -1.85. The average Bonchev–Trinajstić information content (AvgIpc) is 3.49. The van der Waals surface area contributed by atoms with Gasteiger partial charge in [-0.2, -0.15) is 0 Å². The van der Waals surface area contributed by atoms with Crippen molar-refractivity contribution in [3.8, 4) is 21.1 Å². The van der Waals surface area contributed by atoms with Gasteiger partial charge < -0.3 is 0 Å². The maximum atomic E-state index is 5.16. The molecule has 0 radical (unpaired) electrons. The van der Waals surface area contributed by atoms with Gasteiger partial charge in [0.2, 0.25) is 0 Å². The van der Waals surface area contributed by atoms with E-state index in [9.17, 15) is 0 Å². The lowest BCUT2D eigenvalue weighted by atomic mass is 9.97. The van der Waals surface area contributed by atoms with E-state index in [-0.39, 0.29) is 0 Å². The Morgan fingerprint density at radius 1 is 0.389 bits per heavy atom. The highest BCUT2D eigenvalue weighted by molar-refractivity contribution is 7.29. The van der Waals surface area contributed by atoms with Crippen molar-refractivity contribution in [1.82, 2.24) is 9.97 Å². The molecule has 168 valence electrons. The summed E-state index contributed by atoms with van der Waals surface area (Å²) in [5, 5.41) is 12.0. The molecule has 0 atom stereocenters. The first-order chi connectivity index (χ1) is 17.8. The number of hydrogen-bond acceptors (Lipinski definition) is 4. The first-order valence-corrected chi connectivity index (χ1v) is 13.6. The summed E-state index contributed by atoms with van der Waals surface area (Å²) in [5.74, 6) is 0. The van der Waals surface area contributed by atoms with Crippen LogP contribution in [0.3, 0.4) is 0 Å². The van der Waals surface area contributed by atoms with Crippen molar-refractivity contribution in [3.05, 3.63) is 109 Å². The molecule has 4 heteroatoms. The van der Waals surface area contributed by atoms with Gasteiger partial charge >= 0.3 is 0 Å². The third-order valence-electron chi connectivity index (χ3n) is 6.95. The molecule has 2 aromatic heterocycles. The summed E-state index contributed by atoms with van der Waals surface area (Å²) >= 11 is 3.39. The van der Waals surface area contributed by atoms with Gasteiger partial charge in [-0.3, -0.25) is 0 Å². The first kappa shape index (κ1) is 20.1. The molecule has 8 rings (SSSR count). The molecule has 0 saturated carbocycles. The van der Waals surface area contributed by atoms with Crippen LogP contribution >= 0.6 is 22.7 Å². The molecule has 2 heterocycles. The summed E-state index contributed by atoms with van der Waals surface area (Å²) in [5.41, 5.74) is 2.41. The first-order valence-electron chi connectivity index (χ1n) is 11.9. The molecular formula is C32H18N2S2. The van der Waals surface area contributed by atoms with Gasteiger partial charge in [0.1, 0.15) is 10.0 Å². The van der Waals surface area contributed by atoms with Gasteiger partial charge in [-0.05, 0) is 55.2 Å². The molecule has 0 bridgehead atoms. The second-order valence-electron chi connectivity index (χ2n) is 9.04. The van der Waals surface area contributed by atoms with Crippen molar-refractivity contribution in [2.45, 2.75) is 0 Å². The van der Waals surface area contributed by atoms with E-state index in [0.717, 1.165) is 19.7 Å². The van der Waals surface area contributed by atoms with Crippen LogP contribution in [0.2, 0.25) is 0 Å². The van der Waals surface area contributed by atoms with Crippen molar-refractivity contribution in [2.24, 2.45) is 0 Å². The quantitative estimate of drug-likeness (QED) is 0.224. The lowest BCUT2D eigenvalue weighted by molar-refractivity contribution is 1.50. The molecule has 6 aromatic carbocycles. The minimum absolute atomic E-state index is 0.999. The maximum Gasteiger partial charge on any atom is 0.155 e.